The number of halogens is 1. The summed E-state index contributed by atoms with van der Waals surface area (Å²) < 4.78 is 7.11. The van der Waals surface area contributed by atoms with Gasteiger partial charge in [0, 0.05) is 30.2 Å². The molecule has 2 aliphatic rings. The number of anilines is 1. The lowest BCUT2D eigenvalue weighted by Gasteiger charge is -2.46. The largest absolute Gasteiger partial charge is 0.375 e. The monoisotopic (exact) mass is 512 g/mol. The van der Waals surface area contributed by atoms with Gasteiger partial charge in [-0.25, -0.2) is 0 Å². The number of hydrogen-bond donors (Lipinski definition) is 1. The number of piperidine rings is 1. The van der Waals surface area contributed by atoms with Gasteiger partial charge in [0.1, 0.15) is 11.5 Å². The van der Waals surface area contributed by atoms with Gasteiger partial charge in [0.05, 0.1) is 12.7 Å². The van der Waals surface area contributed by atoms with Crippen molar-refractivity contribution in [3.05, 3.63) is 87.1 Å². The third-order valence-corrected chi connectivity index (χ3v) is 8.30. The molecule has 3 aromatic rings. The fourth-order valence-electron chi connectivity index (χ4n) is 5.01. The van der Waals surface area contributed by atoms with Crippen LogP contribution in [0.2, 0.25) is 5.02 Å². The van der Waals surface area contributed by atoms with Crippen LogP contribution in [0.15, 0.2) is 65.4 Å². The minimum atomic E-state index is -0.994. The van der Waals surface area contributed by atoms with Crippen LogP contribution in [0.1, 0.15) is 36.0 Å². The molecular formula is C26H25ClN2O3S2. The second kappa shape index (κ2) is 9.38. The van der Waals surface area contributed by atoms with E-state index in [1.807, 2.05) is 29.0 Å². The molecule has 1 aromatic heterocycles. The van der Waals surface area contributed by atoms with Gasteiger partial charge < -0.3 is 9.64 Å². The number of ketones is 1. The van der Waals surface area contributed by atoms with E-state index in [-0.39, 0.29) is 24.2 Å². The zero-order valence-corrected chi connectivity index (χ0v) is 21.2. The zero-order valence-electron chi connectivity index (χ0n) is 18.7. The molecule has 0 saturated carbocycles. The van der Waals surface area contributed by atoms with E-state index in [1.165, 1.54) is 15.6 Å². The number of rotatable bonds is 4. The van der Waals surface area contributed by atoms with Crippen molar-refractivity contribution in [2.45, 2.75) is 30.9 Å². The number of benzene rings is 2. The lowest BCUT2D eigenvalue weighted by atomic mass is 9.73. The first kappa shape index (κ1) is 23.4. The summed E-state index contributed by atoms with van der Waals surface area (Å²) in [5.74, 6) is -1.50. The minimum Gasteiger partial charge on any atom is -0.375 e. The van der Waals surface area contributed by atoms with Gasteiger partial charge in [-0.2, -0.15) is 11.3 Å². The number of morpholine rings is 1. The average molecular weight is 513 g/mol. The van der Waals surface area contributed by atoms with E-state index >= 15 is 0 Å². The summed E-state index contributed by atoms with van der Waals surface area (Å²) in [4.78, 5) is 29.5. The maximum absolute atomic E-state index is 13.7. The molecule has 3 heterocycles. The predicted molar refractivity (Wildman–Crippen MR) is 139 cm³/mol. The molecule has 176 valence electrons. The normalized spacial score (nSPS) is 25.6. The summed E-state index contributed by atoms with van der Waals surface area (Å²) in [6.45, 7) is 4.41. The molecule has 2 aromatic carbocycles. The number of Topliss-reactive ketones (excluding diaryl/α,β-unsaturated/α-hetero) is 1. The van der Waals surface area contributed by atoms with E-state index in [1.54, 1.807) is 24.3 Å². The van der Waals surface area contributed by atoms with Crippen molar-refractivity contribution in [2.24, 2.45) is 0 Å². The van der Waals surface area contributed by atoms with Crippen LogP contribution in [-0.2, 0) is 19.9 Å². The standard InChI is InChI=1S/C26H25ClN2O3S2/c1-17-15-28(11-12-32-17)20-8-6-18(7-9-20)26(19-10-13-34-16-19)14-23(30)24(25(31)29(26)33)21-4-2-3-5-22(21)27/h2-10,13,16-17,24,33H,11-12,14-15H2,1H3. The van der Waals surface area contributed by atoms with Crippen LogP contribution in [0.25, 0.3) is 0 Å². The smallest absolute Gasteiger partial charge is 0.248 e. The van der Waals surface area contributed by atoms with E-state index in [0.717, 1.165) is 29.9 Å². The zero-order chi connectivity index (χ0) is 23.9. The van der Waals surface area contributed by atoms with Gasteiger partial charge in [0.2, 0.25) is 5.91 Å². The Morgan fingerprint density at radius 2 is 1.85 bits per heavy atom. The Bertz CT molecular complexity index is 1200. The lowest BCUT2D eigenvalue weighted by molar-refractivity contribution is -0.142. The van der Waals surface area contributed by atoms with Crippen molar-refractivity contribution >= 4 is 53.1 Å². The summed E-state index contributed by atoms with van der Waals surface area (Å²) in [5, 5.41) is 4.34. The average Bonchev–Trinajstić information content (AvgIpc) is 3.38. The fraction of sp³-hybridized carbons (Fsp3) is 0.308. The molecule has 5 nitrogen and oxygen atoms in total. The number of carbonyl (C=O) groups is 2. The van der Waals surface area contributed by atoms with Crippen LogP contribution in [-0.4, -0.2) is 41.8 Å². The number of ether oxygens (including phenoxy) is 1. The predicted octanol–water partition coefficient (Wildman–Crippen LogP) is 5.30. The summed E-state index contributed by atoms with van der Waals surface area (Å²) in [6.07, 6.45) is 0.289. The van der Waals surface area contributed by atoms with Crippen molar-refractivity contribution in [3.63, 3.8) is 0 Å². The highest BCUT2D eigenvalue weighted by Gasteiger charge is 2.52. The topological polar surface area (TPSA) is 49.9 Å². The molecule has 2 fully saturated rings. The highest BCUT2D eigenvalue weighted by Crippen LogP contribution is 2.48. The summed E-state index contributed by atoms with van der Waals surface area (Å²) >= 11 is 12.6. The molecule has 34 heavy (non-hydrogen) atoms. The molecule has 0 radical (unpaired) electrons. The summed E-state index contributed by atoms with van der Waals surface area (Å²) in [5.41, 5.74) is 2.34. The van der Waals surface area contributed by atoms with Crippen molar-refractivity contribution < 1.29 is 14.3 Å². The van der Waals surface area contributed by atoms with Gasteiger partial charge in [-0.3, -0.25) is 13.9 Å². The van der Waals surface area contributed by atoms with Gasteiger partial charge in [-0.05, 0) is 58.6 Å². The Balaban J connectivity index is 1.54. The number of amides is 1. The van der Waals surface area contributed by atoms with Crippen LogP contribution < -0.4 is 4.90 Å². The van der Waals surface area contributed by atoms with Gasteiger partial charge in [-0.15, -0.1) is 0 Å². The van der Waals surface area contributed by atoms with Gasteiger partial charge in [0.15, 0.2) is 5.78 Å². The number of thiophene rings is 1. The van der Waals surface area contributed by atoms with Crippen LogP contribution in [0, 0.1) is 0 Å². The maximum Gasteiger partial charge on any atom is 0.248 e. The van der Waals surface area contributed by atoms with Gasteiger partial charge in [0.25, 0.3) is 0 Å². The van der Waals surface area contributed by atoms with E-state index in [0.29, 0.717) is 17.2 Å². The van der Waals surface area contributed by atoms with Crippen molar-refractivity contribution in [1.82, 2.24) is 4.31 Å². The summed E-state index contributed by atoms with van der Waals surface area (Å²) in [7, 11) is 0. The maximum atomic E-state index is 13.7. The Morgan fingerprint density at radius 1 is 1.09 bits per heavy atom. The molecule has 2 saturated heterocycles. The minimum absolute atomic E-state index is 0.114. The van der Waals surface area contributed by atoms with Crippen LogP contribution >= 0.6 is 35.8 Å². The third kappa shape index (κ3) is 3.94. The first-order chi connectivity index (χ1) is 16.4. The Hall–Kier alpha value is -2.32. The second-order valence-electron chi connectivity index (χ2n) is 8.79. The van der Waals surface area contributed by atoms with Crippen LogP contribution in [0.3, 0.4) is 0 Å². The third-order valence-electron chi connectivity index (χ3n) is 6.74. The molecule has 2 aliphatic heterocycles. The Kier molecular flexibility index (Phi) is 6.46. The van der Waals surface area contributed by atoms with Gasteiger partial charge in [-0.1, -0.05) is 54.7 Å². The molecular weight excluding hydrogens is 488 g/mol. The number of thiol groups is 1. The van der Waals surface area contributed by atoms with Crippen molar-refractivity contribution in [3.8, 4) is 0 Å². The Morgan fingerprint density at radius 3 is 2.53 bits per heavy atom. The lowest BCUT2D eigenvalue weighted by Crippen LogP contribution is -2.54. The highest BCUT2D eigenvalue weighted by atomic mass is 35.5. The number of nitrogens with zero attached hydrogens (tertiary/aromatic N) is 2. The van der Waals surface area contributed by atoms with E-state index in [2.05, 4.69) is 24.0 Å². The summed E-state index contributed by atoms with van der Waals surface area (Å²) in [6, 6.07) is 17.1. The molecule has 5 rings (SSSR count). The molecule has 1 amide bonds. The molecule has 3 unspecified atom stereocenters. The van der Waals surface area contributed by atoms with E-state index in [4.69, 9.17) is 29.2 Å². The molecule has 0 bridgehead atoms. The first-order valence-corrected chi connectivity index (χ1v) is 12.9. The Labute approximate surface area is 213 Å². The molecule has 0 spiro atoms. The SMILES string of the molecule is CC1CN(c2ccc(C3(c4ccsc4)CC(=O)C(c4ccccc4Cl)C(=O)N3S)cc2)CCO1. The van der Waals surface area contributed by atoms with E-state index < -0.39 is 11.5 Å². The van der Waals surface area contributed by atoms with Crippen LogP contribution in [0.4, 0.5) is 5.69 Å². The van der Waals surface area contributed by atoms with Gasteiger partial charge >= 0.3 is 0 Å². The highest BCUT2D eigenvalue weighted by molar-refractivity contribution is 7.78. The second-order valence-corrected chi connectivity index (χ2v) is 10.4. The quantitative estimate of drug-likeness (QED) is 0.380. The molecule has 0 N–H and O–H groups in total. The number of carbonyl (C=O) groups excluding carboxylic acids is 2. The fourth-order valence-corrected chi connectivity index (χ4v) is 6.39. The molecule has 0 aliphatic carbocycles. The molecule has 8 heteroatoms. The molecule has 3 atom stereocenters. The van der Waals surface area contributed by atoms with Crippen molar-refractivity contribution in [2.75, 3.05) is 24.6 Å². The van der Waals surface area contributed by atoms with Crippen LogP contribution in [0.5, 0.6) is 0 Å². The number of hydrogen-bond acceptors (Lipinski definition) is 6. The first-order valence-electron chi connectivity index (χ1n) is 11.2. The van der Waals surface area contributed by atoms with Crippen molar-refractivity contribution in [1.29, 1.82) is 0 Å². The van der Waals surface area contributed by atoms with E-state index in [9.17, 15) is 9.59 Å².